The van der Waals surface area contributed by atoms with Crippen LogP contribution in [0.4, 0.5) is 0 Å². The monoisotopic (exact) mass is 280 g/mol. The highest BCUT2D eigenvalue weighted by atomic mass is 16.3. The van der Waals surface area contributed by atoms with Crippen LogP contribution in [0.25, 0.3) is 0 Å². The SMILES string of the molecule is O=C1C=C(NCC(O)CNC2=CC(=O)NC2=O)C(=O)N1. The Hall–Kier alpha value is -2.68. The third-order valence-corrected chi connectivity index (χ3v) is 2.57. The zero-order valence-electron chi connectivity index (χ0n) is 10.2. The van der Waals surface area contributed by atoms with Gasteiger partial charge in [0.25, 0.3) is 23.6 Å². The van der Waals surface area contributed by atoms with E-state index in [0.29, 0.717) is 0 Å². The molecule has 2 aliphatic heterocycles. The average molecular weight is 280 g/mol. The molecule has 0 bridgehead atoms. The first-order valence-electron chi connectivity index (χ1n) is 5.75. The van der Waals surface area contributed by atoms with Crippen molar-refractivity contribution in [2.75, 3.05) is 13.1 Å². The summed E-state index contributed by atoms with van der Waals surface area (Å²) in [6.07, 6.45) is 1.26. The molecule has 0 aromatic rings. The number of amides is 4. The second-order valence-electron chi connectivity index (χ2n) is 4.17. The second kappa shape index (κ2) is 5.53. The maximum Gasteiger partial charge on any atom is 0.274 e. The maximum atomic E-state index is 11.2. The Kier molecular flexibility index (Phi) is 3.80. The fraction of sp³-hybridized carbons (Fsp3) is 0.273. The van der Waals surface area contributed by atoms with Gasteiger partial charge in [0.1, 0.15) is 11.4 Å². The number of nitrogens with one attached hydrogen (secondary N) is 4. The van der Waals surface area contributed by atoms with Crippen molar-refractivity contribution in [3.8, 4) is 0 Å². The van der Waals surface area contributed by atoms with Crippen molar-refractivity contribution >= 4 is 23.6 Å². The average Bonchev–Trinajstić information content (AvgIpc) is 2.86. The van der Waals surface area contributed by atoms with Crippen molar-refractivity contribution in [1.82, 2.24) is 21.3 Å². The van der Waals surface area contributed by atoms with E-state index in [0.717, 1.165) is 12.2 Å². The first kappa shape index (κ1) is 13.7. The van der Waals surface area contributed by atoms with Gasteiger partial charge in [0, 0.05) is 25.2 Å². The van der Waals surface area contributed by atoms with Gasteiger partial charge in [-0.1, -0.05) is 0 Å². The third kappa shape index (κ3) is 3.20. The zero-order chi connectivity index (χ0) is 14.7. The van der Waals surface area contributed by atoms with Crippen molar-refractivity contribution < 1.29 is 24.3 Å². The number of rotatable bonds is 6. The Morgan fingerprint density at radius 3 is 1.60 bits per heavy atom. The van der Waals surface area contributed by atoms with E-state index in [4.69, 9.17) is 0 Å². The van der Waals surface area contributed by atoms with E-state index in [9.17, 15) is 24.3 Å². The molecule has 106 valence electrons. The maximum absolute atomic E-state index is 11.2. The second-order valence-corrected chi connectivity index (χ2v) is 4.17. The quantitative estimate of drug-likeness (QED) is 0.320. The number of aliphatic hydroxyl groups excluding tert-OH is 1. The summed E-state index contributed by atoms with van der Waals surface area (Å²) in [6, 6.07) is 0. The van der Waals surface area contributed by atoms with Gasteiger partial charge >= 0.3 is 0 Å². The van der Waals surface area contributed by atoms with Crippen LogP contribution in [0.5, 0.6) is 0 Å². The standard InChI is InChI=1S/C11H12N4O5/c16-5(3-12-6-1-8(17)14-10(6)19)4-13-7-2-9(18)15-11(7)20/h1-2,5,16H,3-4H2,(H2,12,14,17,19)(H2,13,15,18,20). The van der Waals surface area contributed by atoms with E-state index in [1.54, 1.807) is 0 Å². The molecule has 2 heterocycles. The van der Waals surface area contributed by atoms with Gasteiger partial charge < -0.3 is 15.7 Å². The Labute approximate surface area is 113 Å². The van der Waals surface area contributed by atoms with Crippen molar-refractivity contribution in [3.63, 3.8) is 0 Å². The predicted molar refractivity (Wildman–Crippen MR) is 64.5 cm³/mol. The zero-order valence-corrected chi connectivity index (χ0v) is 10.2. The van der Waals surface area contributed by atoms with E-state index in [1.807, 2.05) is 10.6 Å². The van der Waals surface area contributed by atoms with Crippen LogP contribution in [0.1, 0.15) is 0 Å². The molecule has 5 N–H and O–H groups in total. The van der Waals surface area contributed by atoms with Crippen LogP contribution in [0, 0.1) is 0 Å². The smallest absolute Gasteiger partial charge is 0.274 e. The van der Waals surface area contributed by atoms with Gasteiger partial charge in [-0.3, -0.25) is 29.8 Å². The molecule has 0 radical (unpaired) electrons. The van der Waals surface area contributed by atoms with Crippen molar-refractivity contribution in [1.29, 1.82) is 0 Å². The van der Waals surface area contributed by atoms with Gasteiger partial charge in [-0.2, -0.15) is 0 Å². The lowest BCUT2D eigenvalue weighted by molar-refractivity contribution is -0.125. The number of hydrogen-bond acceptors (Lipinski definition) is 7. The van der Waals surface area contributed by atoms with E-state index in [2.05, 4.69) is 10.6 Å². The molecule has 0 atom stereocenters. The van der Waals surface area contributed by atoms with E-state index >= 15 is 0 Å². The van der Waals surface area contributed by atoms with E-state index in [1.165, 1.54) is 0 Å². The van der Waals surface area contributed by atoms with Gasteiger partial charge in [0.2, 0.25) is 0 Å². The molecule has 0 saturated carbocycles. The highest BCUT2D eigenvalue weighted by molar-refractivity contribution is 6.16. The molecule has 4 amide bonds. The van der Waals surface area contributed by atoms with Crippen molar-refractivity contribution in [3.05, 3.63) is 23.5 Å². The molecule has 9 heteroatoms. The first-order valence-corrected chi connectivity index (χ1v) is 5.75. The lowest BCUT2D eigenvalue weighted by Gasteiger charge is -2.13. The molecule has 0 aliphatic carbocycles. The fourth-order valence-corrected chi connectivity index (χ4v) is 1.61. The first-order chi connectivity index (χ1) is 9.45. The lowest BCUT2D eigenvalue weighted by atomic mass is 10.3. The van der Waals surface area contributed by atoms with E-state index in [-0.39, 0.29) is 24.5 Å². The fourth-order valence-electron chi connectivity index (χ4n) is 1.61. The number of imide groups is 2. The minimum atomic E-state index is -0.927. The Morgan fingerprint density at radius 2 is 1.30 bits per heavy atom. The van der Waals surface area contributed by atoms with E-state index < -0.39 is 29.7 Å². The molecule has 0 aromatic heterocycles. The van der Waals surface area contributed by atoms with Gasteiger partial charge in [-0.15, -0.1) is 0 Å². The van der Waals surface area contributed by atoms with Crippen LogP contribution in [0.15, 0.2) is 23.5 Å². The molecule has 0 unspecified atom stereocenters. The number of hydrogen-bond donors (Lipinski definition) is 5. The summed E-state index contributed by atoms with van der Waals surface area (Å²) in [5.41, 5.74) is 0.143. The van der Waals surface area contributed by atoms with Crippen LogP contribution in [0.3, 0.4) is 0 Å². The summed E-state index contributed by atoms with van der Waals surface area (Å²) < 4.78 is 0. The van der Waals surface area contributed by atoms with Crippen LogP contribution >= 0.6 is 0 Å². The normalized spacial score (nSPS) is 17.9. The predicted octanol–water partition coefficient (Wildman–Crippen LogP) is -3.39. The Bertz CT molecular complexity index is 503. The van der Waals surface area contributed by atoms with Gasteiger partial charge in [0.05, 0.1) is 6.10 Å². The van der Waals surface area contributed by atoms with Crippen LogP contribution in [-0.2, 0) is 19.2 Å². The van der Waals surface area contributed by atoms with Gasteiger partial charge in [0.15, 0.2) is 0 Å². The topological polar surface area (TPSA) is 137 Å². The third-order valence-electron chi connectivity index (χ3n) is 2.57. The molecule has 0 spiro atoms. The molecular formula is C11H12N4O5. The van der Waals surface area contributed by atoms with Gasteiger partial charge in [-0.25, -0.2) is 0 Å². The van der Waals surface area contributed by atoms with Crippen molar-refractivity contribution in [2.24, 2.45) is 0 Å². The van der Waals surface area contributed by atoms with Crippen LogP contribution in [-0.4, -0.2) is 47.9 Å². The lowest BCUT2D eigenvalue weighted by Crippen LogP contribution is -2.38. The van der Waals surface area contributed by atoms with Crippen LogP contribution < -0.4 is 21.3 Å². The summed E-state index contributed by atoms with van der Waals surface area (Å²) in [5.74, 6) is -2.15. The molecule has 0 aromatic carbocycles. The molecular weight excluding hydrogens is 268 g/mol. The van der Waals surface area contributed by atoms with Crippen LogP contribution in [0.2, 0.25) is 0 Å². The molecule has 9 nitrogen and oxygen atoms in total. The molecule has 2 aliphatic rings. The Balaban J connectivity index is 1.75. The Morgan fingerprint density at radius 1 is 0.900 bits per heavy atom. The molecule has 2 rings (SSSR count). The summed E-state index contributed by atoms with van der Waals surface area (Å²) in [6.45, 7) is 0.00472. The largest absolute Gasteiger partial charge is 0.389 e. The minimum absolute atomic E-state index is 0.00236. The molecule has 0 fully saturated rings. The molecule has 0 saturated heterocycles. The molecule has 20 heavy (non-hydrogen) atoms. The number of aliphatic hydroxyl groups is 1. The summed E-state index contributed by atoms with van der Waals surface area (Å²) in [4.78, 5) is 44.1. The summed E-state index contributed by atoms with van der Waals surface area (Å²) in [5, 5.41) is 19.0. The highest BCUT2D eigenvalue weighted by Crippen LogP contribution is 1.99. The number of carbonyl (C=O) groups is 4. The highest BCUT2D eigenvalue weighted by Gasteiger charge is 2.22. The van der Waals surface area contributed by atoms with Crippen molar-refractivity contribution in [2.45, 2.75) is 6.10 Å². The summed E-state index contributed by atoms with van der Waals surface area (Å²) in [7, 11) is 0. The minimum Gasteiger partial charge on any atom is -0.389 e. The van der Waals surface area contributed by atoms with Gasteiger partial charge in [-0.05, 0) is 0 Å². The number of carbonyl (C=O) groups excluding carboxylic acids is 4. The summed E-state index contributed by atoms with van der Waals surface area (Å²) >= 11 is 0.